The predicted octanol–water partition coefficient (Wildman–Crippen LogP) is 19.2. The highest BCUT2D eigenvalue weighted by atomic mass is 16.3. The van der Waals surface area contributed by atoms with E-state index < -0.39 is 0 Å². The van der Waals surface area contributed by atoms with Gasteiger partial charge in [-0.3, -0.25) is 0 Å². The number of anilines is 4. The van der Waals surface area contributed by atoms with Crippen molar-refractivity contribution in [1.82, 2.24) is 0 Å². The van der Waals surface area contributed by atoms with Gasteiger partial charge in [0.15, 0.2) is 11.2 Å². The summed E-state index contributed by atoms with van der Waals surface area (Å²) < 4.78 is 13.9. The first-order chi connectivity index (χ1) is 36.4. The van der Waals surface area contributed by atoms with Crippen LogP contribution < -0.4 is 9.80 Å². The number of hydrogen-bond acceptors (Lipinski definition) is 4. The zero-order chi connectivity index (χ0) is 49.6. The third-order valence-electron chi connectivity index (χ3n) is 15.8. The molecule has 4 aliphatic rings. The van der Waals surface area contributed by atoms with Crippen LogP contribution >= 0.6 is 0 Å². The summed E-state index contributed by atoms with van der Waals surface area (Å²) >= 11 is 0. The molecule has 0 saturated carbocycles. The van der Waals surface area contributed by atoms with Crippen LogP contribution in [0.2, 0.25) is 0 Å². The molecule has 2 heterocycles. The molecule has 4 heteroatoms. The Hall–Kier alpha value is -8.86. The number of nitrogens with zero attached hydrogens (tertiary/aromatic N) is 2. The number of allylic oxidation sites excluding steroid dienone is 12. The van der Waals surface area contributed by atoms with Gasteiger partial charge in [0.1, 0.15) is 11.2 Å². The van der Waals surface area contributed by atoms with Crippen molar-refractivity contribution in [2.45, 2.75) is 27.7 Å². The van der Waals surface area contributed by atoms with Gasteiger partial charge in [-0.1, -0.05) is 210 Å². The van der Waals surface area contributed by atoms with Crippen LogP contribution in [0, 0.1) is 23.7 Å². The minimum Gasteiger partial charge on any atom is -0.454 e. The molecular weight excluding hydrogens is 901 g/mol. The van der Waals surface area contributed by atoms with E-state index >= 15 is 0 Å². The fourth-order valence-electron chi connectivity index (χ4n) is 12.5. The second-order valence-electron chi connectivity index (χ2n) is 20.7. The van der Waals surface area contributed by atoms with E-state index in [-0.39, 0.29) is 23.7 Å². The minimum absolute atomic E-state index is 0.0133. The van der Waals surface area contributed by atoms with Crippen LogP contribution in [-0.2, 0) is 0 Å². The highest BCUT2D eigenvalue weighted by Gasteiger charge is 2.47. The van der Waals surface area contributed by atoms with Crippen LogP contribution in [0.25, 0.3) is 66.1 Å². The summed E-state index contributed by atoms with van der Waals surface area (Å²) in [5.74, 6) is 0.503. The van der Waals surface area contributed by atoms with E-state index in [0.717, 1.165) is 100 Å². The Kier molecular flexibility index (Phi) is 10.3. The monoisotopic (exact) mass is 954 g/mol. The maximum atomic E-state index is 6.97. The van der Waals surface area contributed by atoms with Gasteiger partial charge >= 0.3 is 0 Å². The van der Waals surface area contributed by atoms with Gasteiger partial charge in [-0.05, 0) is 105 Å². The van der Waals surface area contributed by atoms with Gasteiger partial charge in [-0.25, -0.2) is 0 Å². The molecule has 0 N–H and O–H groups in total. The van der Waals surface area contributed by atoms with Crippen molar-refractivity contribution in [3.05, 3.63) is 275 Å². The van der Waals surface area contributed by atoms with Gasteiger partial charge in [-0.15, -0.1) is 0 Å². The minimum atomic E-state index is 0.0133. The molecule has 2 atom stereocenters. The van der Waals surface area contributed by atoms with E-state index in [2.05, 4.69) is 268 Å². The third-order valence-corrected chi connectivity index (χ3v) is 15.8. The van der Waals surface area contributed by atoms with Crippen molar-refractivity contribution in [3.8, 4) is 22.3 Å². The molecule has 10 aromatic rings. The Labute approximate surface area is 432 Å². The molecule has 0 amide bonds. The summed E-state index contributed by atoms with van der Waals surface area (Å²) in [5, 5.41) is 4.42. The lowest BCUT2D eigenvalue weighted by molar-refractivity contribution is 0.522. The summed E-state index contributed by atoms with van der Waals surface area (Å²) in [6.45, 7) is 9.42. The lowest BCUT2D eigenvalue weighted by Gasteiger charge is -2.48. The molecule has 0 radical (unpaired) electrons. The quantitative estimate of drug-likeness (QED) is 0.137. The predicted molar refractivity (Wildman–Crippen MR) is 308 cm³/mol. The van der Waals surface area contributed by atoms with Crippen molar-refractivity contribution >= 4 is 66.6 Å². The first kappa shape index (κ1) is 43.9. The van der Waals surface area contributed by atoms with E-state index in [1.165, 1.54) is 33.4 Å². The number of furan rings is 2. The fourth-order valence-corrected chi connectivity index (χ4v) is 12.5. The molecule has 4 nitrogen and oxygen atoms in total. The largest absolute Gasteiger partial charge is 0.454 e. The second kappa shape index (κ2) is 17.4. The van der Waals surface area contributed by atoms with Crippen molar-refractivity contribution < 1.29 is 8.83 Å². The van der Waals surface area contributed by atoms with Crippen molar-refractivity contribution in [2.24, 2.45) is 23.7 Å². The van der Waals surface area contributed by atoms with E-state index in [1.807, 2.05) is 0 Å². The molecule has 356 valence electrons. The van der Waals surface area contributed by atoms with E-state index in [4.69, 9.17) is 8.83 Å². The van der Waals surface area contributed by atoms with Gasteiger partial charge in [0, 0.05) is 44.5 Å². The fraction of sp³-hybridized carbons (Fsp3) is 0.114. The smallest absolute Gasteiger partial charge is 0.159 e. The third kappa shape index (κ3) is 6.82. The Bertz CT molecular complexity index is 4150. The van der Waals surface area contributed by atoms with Crippen LogP contribution in [0.1, 0.15) is 27.7 Å². The summed E-state index contributed by atoms with van der Waals surface area (Å²) in [6.07, 6.45) is 14.8. The molecule has 8 aromatic carbocycles. The Balaban J connectivity index is 1.04. The summed E-state index contributed by atoms with van der Waals surface area (Å²) in [7, 11) is 0. The molecule has 2 unspecified atom stereocenters. The molecule has 14 rings (SSSR count). The molecular formula is C70H54N2O2. The topological polar surface area (TPSA) is 32.8 Å². The number of fused-ring (bicyclic) bond motifs is 6. The molecule has 0 bridgehead atoms. The van der Waals surface area contributed by atoms with Crippen LogP contribution in [0.5, 0.6) is 0 Å². The number of para-hydroxylation sites is 6. The van der Waals surface area contributed by atoms with Gasteiger partial charge in [-0.2, -0.15) is 0 Å². The van der Waals surface area contributed by atoms with Crippen molar-refractivity contribution in [3.63, 3.8) is 0 Å². The lowest BCUT2D eigenvalue weighted by atomic mass is 9.59. The van der Waals surface area contributed by atoms with Crippen molar-refractivity contribution in [2.75, 3.05) is 9.80 Å². The highest BCUT2D eigenvalue weighted by Crippen LogP contribution is 2.59. The number of hydrogen-bond donors (Lipinski definition) is 0. The van der Waals surface area contributed by atoms with Crippen LogP contribution in [0.3, 0.4) is 0 Å². The first-order valence-electron chi connectivity index (χ1n) is 26.1. The van der Waals surface area contributed by atoms with Crippen LogP contribution in [0.4, 0.5) is 22.7 Å². The molecule has 4 aliphatic carbocycles. The van der Waals surface area contributed by atoms with Crippen LogP contribution in [0.15, 0.2) is 284 Å². The molecule has 0 saturated heterocycles. The normalized spacial score (nSPS) is 17.1. The van der Waals surface area contributed by atoms with E-state index in [9.17, 15) is 0 Å². The summed E-state index contributed by atoms with van der Waals surface area (Å²) in [6, 6.07) is 69.5. The molecule has 2 aromatic heterocycles. The average Bonchev–Trinajstić information content (AvgIpc) is 4.04. The second-order valence-corrected chi connectivity index (χ2v) is 20.7. The number of benzene rings is 8. The van der Waals surface area contributed by atoms with Gasteiger partial charge in [0.2, 0.25) is 0 Å². The maximum Gasteiger partial charge on any atom is 0.159 e. The Morgan fingerprint density at radius 2 is 0.851 bits per heavy atom. The zero-order valence-electron chi connectivity index (χ0n) is 42.0. The van der Waals surface area contributed by atoms with Crippen LogP contribution in [-0.4, -0.2) is 0 Å². The summed E-state index contributed by atoms with van der Waals surface area (Å²) in [4.78, 5) is 5.04. The van der Waals surface area contributed by atoms with Gasteiger partial charge < -0.3 is 18.6 Å². The Morgan fingerprint density at radius 1 is 0.392 bits per heavy atom. The van der Waals surface area contributed by atoms with E-state index in [1.54, 1.807) is 0 Å². The molecule has 74 heavy (non-hydrogen) atoms. The van der Waals surface area contributed by atoms with Crippen molar-refractivity contribution in [1.29, 1.82) is 0 Å². The van der Waals surface area contributed by atoms with Gasteiger partial charge in [0.05, 0.1) is 34.1 Å². The zero-order valence-corrected chi connectivity index (χ0v) is 42.0. The number of rotatable bonds is 10. The lowest BCUT2D eigenvalue weighted by Crippen LogP contribution is -2.38. The molecule has 0 spiro atoms. The van der Waals surface area contributed by atoms with E-state index in [0.29, 0.717) is 0 Å². The average molecular weight is 955 g/mol. The Morgan fingerprint density at radius 3 is 1.43 bits per heavy atom. The molecule has 0 fully saturated rings. The highest BCUT2D eigenvalue weighted by molar-refractivity contribution is 6.12. The first-order valence-corrected chi connectivity index (χ1v) is 26.1. The summed E-state index contributed by atoms with van der Waals surface area (Å²) in [5.41, 5.74) is 22.7. The maximum absolute atomic E-state index is 6.97. The SMILES string of the molecule is CC(C)C1=CC(N(c2ccccc2-c2ccccc2)c2cccc3c2oc2ccccc23)=C2C=CC3=C(C(C)C)C=C(N(c4ccccc4-c4ccccc4)c4cccc5c4oc4ccccc45)C4=CC=C1C2C43. The standard InChI is InChI=1S/C70H54N2O2/c1-43(2)57-41-63(71(59-31-15-11-25-47(59)45-21-7-5-8-22-45)61-33-19-29-53-49-27-13-17-35-65(49)73-69(53)61)55-40-38-52-58(44(3)4)42-64(56-39-37-51(57)67(55)68(52)56)72(60-32-16-12-26-48(60)46-23-9-6-10-24-46)62-34-20-30-54-50-28-14-18-36-66(50)74-70(54)62/h5-44,67-68H,1-4H3. The van der Waals surface area contributed by atoms with Gasteiger partial charge in [0.25, 0.3) is 0 Å². The molecule has 0 aliphatic heterocycles.